The van der Waals surface area contributed by atoms with E-state index in [-0.39, 0.29) is 10.7 Å². The Bertz CT molecular complexity index is 870. The molecule has 26 heavy (non-hydrogen) atoms. The number of rotatable bonds is 5. The van der Waals surface area contributed by atoms with Gasteiger partial charge in [0.05, 0.1) is 7.11 Å². The number of aromatic nitrogens is 1. The van der Waals surface area contributed by atoms with E-state index in [2.05, 4.69) is 10.1 Å². The first-order chi connectivity index (χ1) is 12.3. The van der Waals surface area contributed by atoms with E-state index in [0.717, 1.165) is 5.56 Å². The minimum atomic E-state index is -3.63. The van der Waals surface area contributed by atoms with Crippen molar-refractivity contribution in [2.45, 2.75) is 25.3 Å². The smallest absolute Gasteiger partial charge is 0.248 e. The van der Waals surface area contributed by atoms with E-state index in [1.165, 1.54) is 16.4 Å². The van der Waals surface area contributed by atoms with Crippen molar-refractivity contribution in [3.05, 3.63) is 41.0 Å². The van der Waals surface area contributed by atoms with E-state index < -0.39 is 10.0 Å². The molecule has 0 aliphatic carbocycles. The summed E-state index contributed by atoms with van der Waals surface area (Å²) in [6, 6.07) is 4.41. The molecule has 2 heterocycles. The molecular formula is C17H22FN3O4S. The lowest BCUT2D eigenvalue weighted by molar-refractivity contribution is 0.179. The van der Waals surface area contributed by atoms with Gasteiger partial charge in [-0.05, 0) is 32.0 Å². The van der Waals surface area contributed by atoms with Crippen molar-refractivity contribution < 1.29 is 22.1 Å². The topological polar surface area (TPSA) is 75.9 Å². The first-order valence-corrected chi connectivity index (χ1v) is 9.74. The number of sulfonamides is 1. The molecule has 7 nitrogen and oxygen atoms in total. The molecule has 0 spiro atoms. The van der Waals surface area contributed by atoms with Crippen LogP contribution in [0.1, 0.15) is 17.0 Å². The molecule has 0 bridgehead atoms. The van der Waals surface area contributed by atoms with Gasteiger partial charge in [-0.25, -0.2) is 12.8 Å². The minimum absolute atomic E-state index is 0.151. The quantitative estimate of drug-likeness (QED) is 0.786. The van der Waals surface area contributed by atoms with E-state index in [1.807, 2.05) is 0 Å². The molecule has 0 atom stereocenters. The van der Waals surface area contributed by atoms with E-state index in [4.69, 9.17) is 9.26 Å². The molecule has 0 saturated carbocycles. The van der Waals surface area contributed by atoms with Gasteiger partial charge >= 0.3 is 0 Å². The van der Waals surface area contributed by atoms with Crippen molar-refractivity contribution in [2.24, 2.45) is 0 Å². The van der Waals surface area contributed by atoms with E-state index >= 15 is 0 Å². The molecule has 0 unspecified atom stereocenters. The standard InChI is InChI=1S/C17H22FN3O4S/c1-12-17(13(2)25-19-12)26(22,23)21-8-6-20(7-9-21)11-14-10-15(18)4-5-16(14)24-3/h4-5,10H,6-9,11H2,1-3H3. The van der Waals surface area contributed by atoms with E-state index in [1.54, 1.807) is 27.0 Å². The van der Waals surface area contributed by atoms with Crippen molar-refractivity contribution in [3.8, 4) is 5.75 Å². The predicted octanol–water partition coefficient (Wildman–Crippen LogP) is 1.95. The predicted molar refractivity (Wildman–Crippen MR) is 93.0 cm³/mol. The Morgan fingerprint density at radius 2 is 1.92 bits per heavy atom. The van der Waals surface area contributed by atoms with E-state index in [0.29, 0.717) is 49.9 Å². The monoisotopic (exact) mass is 383 g/mol. The van der Waals surface area contributed by atoms with Crippen molar-refractivity contribution in [1.29, 1.82) is 0 Å². The fourth-order valence-corrected chi connectivity index (χ4v) is 4.92. The summed E-state index contributed by atoms with van der Waals surface area (Å²) in [5.41, 5.74) is 1.11. The van der Waals surface area contributed by atoms with E-state index in [9.17, 15) is 12.8 Å². The maximum absolute atomic E-state index is 13.5. The van der Waals surface area contributed by atoms with Crippen molar-refractivity contribution in [1.82, 2.24) is 14.4 Å². The molecule has 1 aliphatic rings. The van der Waals surface area contributed by atoms with Gasteiger partial charge in [-0.3, -0.25) is 4.90 Å². The maximum Gasteiger partial charge on any atom is 0.248 e. The Labute approximate surface area is 152 Å². The van der Waals surface area contributed by atoms with Crippen LogP contribution in [0.25, 0.3) is 0 Å². The highest BCUT2D eigenvalue weighted by Crippen LogP contribution is 2.26. The molecule has 1 aromatic carbocycles. The van der Waals surface area contributed by atoms with Crippen molar-refractivity contribution >= 4 is 10.0 Å². The van der Waals surface area contributed by atoms with Gasteiger partial charge in [0.15, 0.2) is 5.76 Å². The first-order valence-electron chi connectivity index (χ1n) is 8.30. The molecule has 9 heteroatoms. The molecule has 3 rings (SSSR count). The summed E-state index contributed by atoms with van der Waals surface area (Å²) in [6.45, 7) is 5.51. The first kappa shape index (κ1) is 18.8. The number of piperazine rings is 1. The Kier molecular flexibility index (Phi) is 5.31. The van der Waals surface area contributed by atoms with Gasteiger partial charge in [0, 0.05) is 38.3 Å². The molecule has 0 amide bonds. The third kappa shape index (κ3) is 3.60. The molecule has 0 N–H and O–H groups in total. The number of methoxy groups -OCH3 is 1. The van der Waals surface area contributed by atoms with Crippen LogP contribution in [0, 0.1) is 19.7 Å². The molecule has 1 saturated heterocycles. The van der Waals surface area contributed by atoms with Crippen molar-refractivity contribution in [2.75, 3.05) is 33.3 Å². The second-order valence-electron chi connectivity index (χ2n) is 6.29. The molecule has 142 valence electrons. The van der Waals surface area contributed by atoms with Gasteiger partial charge < -0.3 is 9.26 Å². The van der Waals surface area contributed by atoms with Gasteiger partial charge in [-0.2, -0.15) is 4.31 Å². The van der Waals surface area contributed by atoms with Crippen LogP contribution < -0.4 is 4.74 Å². The summed E-state index contributed by atoms with van der Waals surface area (Å²) in [4.78, 5) is 2.23. The average molecular weight is 383 g/mol. The highest BCUT2D eigenvalue weighted by atomic mass is 32.2. The van der Waals surface area contributed by atoms with Crippen LogP contribution in [0.5, 0.6) is 5.75 Å². The van der Waals surface area contributed by atoms with Crippen LogP contribution in [-0.4, -0.2) is 56.1 Å². The maximum atomic E-state index is 13.5. The Balaban J connectivity index is 1.69. The Hall–Kier alpha value is -1.97. The average Bonchev–Trinajstić information content (AvgIpc) is 2.95. The molecule has 0 radical (unpaired) electrons. The minimum Gasteiger partial charge on any atom is -0.496 e. The summed E-state index contributed by atoms with van der Waals surface area (Å²) in [6.07, 6.45) is 0. The number of nitrogens with zero attached hydrogens (tertiary/aromatic N) is 3. The molecule has 1 aliphatic heterocycles. The summed E-state index contributed by atoms with van der Waals surface area (Å²) >= 11 is 0. The van der Waals surface area contributed by atoms with Gasteiger partial charge in [-0.15, -0.1) is 0 Å². The fourth-order valence-electron chi connectivity index (χ4n) is 3.21. The van der Waals surface area contributed by atoms with Gasteiger partial charge in [0.25, 0.3) is 0 Å². The summed E-state index contributed by atoms with van der Waals surface area (Å²) < 4.78 is 50.9. The number of ether oxygens (including phenoxy) is 1. The fraction of sp³-hybridized carbons (Fsp3) is 0.471. The second-order valence-corrected chi connectivity index (χ2v) is 8.16. The number of halogens is 1. The van der Waals surface area contributed by atoms with Crippen molar-refractivity contribution in [3.63, 3.8) is 0 Å². The van der Waals surface area contributed by atoms with Crippen LogP contribution in [0.2, 0.25) is 0 Å². The summed E-state index contributed by atoms with van der Waals surface area (Å²) in [7, 11) is -2.08. The molecular weight excluding hydrogens is 361 g/mol. The highest BCUT2D eigenvalue weighted by molar-refractivity contribution is 7.89. The SMILES string of the molecule is COc1ccc(F)cc1CN1CCN(S(=O)(=O)c2c(C)noc2C)CC1. The summed E-state index contributed by atoms with van der Waals surface area (Å²) in [5.74, 6) is 0.604. The normalized spacial score (nSPS) is 16.8. The molecule has 1 fully saturated rings. The number of aryl methyl sites for hydroxylation is 2. The van der Waals surface area contributed by atoms with Crippen LogP contribution in [0.15, 0.2) is 27.6 Å². The lowest BCUT2D eigenvalue weighted by Crippen LogP contribution is -2.48. The van der Waals surface area contributed by atoms with Crippen LogP contribution in [0.3, 0.4) is 0 Å². The molecule has 1 aromatic heterocycles. The van der Waals surface area contributed by atoms with Crippen LogP contribution >= 0.6 is 0 Å². The Morgan fingerprint density at radius 3 is 2.50 bits per heavy atom. The highest BCUT2D eigenvalue weighted by Gasteiger charge is 2.33. The van der Waals surface area contributed by atoms with Crippen LogP contribution in [-0.2, 0) is 16.6 Å². The Morgan fingerprint density at radius 1 is 1.23 bits per heavy atom. The number of benzene rings is 1. The van der Waals surface area contributed by atoms with Gasteiger partial charge in [0.1, 0.15) is 22.2 Å². The third-order valence-electron chi connectivity index (χ3n) is 4.53. The zero-order valence-electron chi connectivity index (χ0n) is 15.0. The van der Waals surface area contributed by atoms with Crippen LogP contribution in [0.4, 0.5) is 4.39 Å². The number of hydrogen-bond acceptors (Lipinski definition) is 6. The third-order valence-corrected chi connectivity index (χ3v) is 6.68. The molecule has 2 aromatic rings. The number of hydrogen-bond donors (Lipinski definition) is 0. The lowest BCUT2D eigenvalue weighted by Gasteiger charge is -2.34. The summed E-state index contributed by atoms with van der Waals surface area (Å²) in [5, 5.41) is 3.73. The van der Waals surface area contributed by atoms with Gasteiger partial charge in [0.2, 0.25) is 10.0 Å². The lowest BCUT2D eigenvalue weighted by atomic mass is 10.1. The zero-order valence-corrected chi connectivity index (χ0v) is 15.8. The largest absolute Gasteiger partial charge is 0.496 e. The zero-order chi connectivity index (χ0) is 18.9. The second kappa shape index (κ2) is 7.34. The van der Waals surface area contributed by atoms with Gasteiger partial charge in [-0.1, -0.05) is 5.16 Å².